The number of carbonyl (C=O) groups is 2. The van der Waals surface area contributed by atoms with Crippen molar-refractivity contribution in [2.75, 3.05) is 11.1 Å². The van der Waals surface area contributed by atoms with Gasteiger partial charge in [0, 0.05) is 0 Å². The van der Waals surface area contributed by atoms with Crippen molar-refractivity contribution in [1.82, 2.24) is 4.72 Å². The molecule has 0 aliphatic rings. The molecule has 0 heterocycles. The fraction of sp³-hybridized carbons (Fsp3) is 0.471. The van der Waals surface area contributed by atoms with Gasteiger partial charge in [-0.15, -0.1) is 0 Å². The smallest absolute Gasteiger partial charge is 0.324 e. The third-order valence-corrected chi connectivity index (χ3v) is 4.98. The Hall–Kier alpha value is -2.44. The molecule has 26 heavy (non-hydrogen) atoms. The van der Waals surface area contributed by atoms with Crippen LogP contribution in [0.3, 0.4) is 0 Å². The zero-order valence-corrected chi connectivity index (χ0v) is 15.8. The second-order valence-corrected chi connectivity index (χ2v) is 7.61. The van der Waals surface area contributed by atoms with Crippen LogP contribution in [0.4, 0.5) is 5.69 Å². The van der Waals surface area contributed by atoms with Crippen molar-refractivity contribution in [1.29, 1.82) is 5.26 Å². The van der Waals surface area contributed by atoms with Gasteiger partial charge >= 0.3 is 5.97 Å². The number of nitrogens with one attached hydrogen (secondary N) is 2. The lowest BCUT2D eigenvalue weighted by Gasteiger charge is -2.18. The van der Waals surface area contributed by atoms with Gasteiger partial charge in [0.15, 0.2) is 6.10 Å². The predicted octanol–water partition coefficient (Wildman–Crippen LogP) is 1.54. The molecule has 0 saturated heterocycles. The van der Waals surface area contributed by atoms with Gasteiger partial charge in [-0.3, -0.25) is 9.59 Å². The maximum absolute atomic E-state index is 12.1. The Morgan fingerprint density at radius 1 is 1.27 bits per heavy atom. The van der Waals surface area contributed by atoms with E-state index in [0.717, 1.165) is 0 Å². The maximum Gasteiger partial charge on any atom is 0.324 e. The number of hydrogen-bond acceptors (Lipinski definition) is 6. The van der Waals surface area contributed by atoms with Gasteiger partial charge in [-0.05, 0) is 32.4 Å². The van der Waals surface area contributed by atoms with Crippen LogP contribution in [0, 0.1) is 11.3 Å². The van der Waals surface area contributed by atoms with E-state index in [-0.39, 0.29) is 11.3 Å². The molecular formula is C17H23N3O5S. The minimum atomic E-state index is -3.59. The van der Waals surface area contributed by atoms with Crippen LogP contribution in [-0.2, 0) is 24.3 Å². The van der Waals surface area contributed by atoms with E-state index in [1.807, 2.05) is 13.0 Å². The lowest BCUT2D eigenvalue weighted by atomic mass is 10.2. The molecule has 1 amide bonds. The average molecular weight is 381 g/mol. The molecule has 142 valence electrons. The van der Waals surface area contributed by atoms with Gasteiger partial charge in [0.05, 0.1) is 17.0 Å². The fourth-order valence-electron chi connectivity index (χ4n) is 1.96. The van der Waals surface area contributed by atoms with E-state index in [9.17, 15) is 18.0 Å². The number of rotatable bonds is 9. The standard InChI is InChI=1S/C17H23N3O5S/c1-4-5-10-26(23,24)20-12(2)17(22)25-13(3)16(21)19-15-9-7-6-8-14(15)11-18/h6-9,12-13,20H,4-5,10H2,1-3H3,(H,19,21)/t12-,13+/m0/s1. The lowest BCUT2D eigenvalue weighted by molar-refractivity contribution is -0.154. The van der Waals surface area contributed by atoms with Gasteiger partial charge in [-0.2, -0.15) is 5.26 Å². The van der Waals surface area contributed by atoms with Gasteiger partial charge < -0.3 is 10.1 Å². The number of carbonyl (C=O) groups excluding carboxylic acids is 2. The molecule has 0 fully saturated rings. The van der Waals surface area contributed by atoms with Crippen molar-refractivity contribution in [2.45, 2.75) is 45.8 Å². The summed E-state index contributed by atoms with van der Waals surface area (Å²) in [6.07, 6.45) is 0.0341. The number of para-hydroxylation sites is 1. The first-order valence-electron chi connectivity index (χ1n) is 8.20. The average Bonchev–Trinajstić information content (AvgIpc) is 2.59. The predicted molar refractivity (Wildman–Crippen MR) is 96.6 cm³/mol. The van der Waals surface area contributed by atoms with Gasteiger partial charge in [0.2, 0.25) is 10.0 Å². The van der Waals surface area contributed by atoms with E-state index in [1.54, 1.807) is 24.3 Å². The van der Waals surface area contributed by atoms with Crippen LogP contribution in [0.1, 0.15) is 39.2 Å². The number of ether oxygens (including phenoxy) is 1. The minimum Gasteiger partial charge on any atom is -0.451 e. The maximum atomic E-state index is 12.1. The first kappa shape index (κ1) is 21.6. The number of benzene rings is 1. The van der Waals surface area contributed by atoms with Gasteiger partial charge in [-0.25, -0.2) is 13.1 Å². The Kier molecular flexibility index (Phi) is 8.22. The van der Waals surface area contributed by atoms with E-state index in [1.165, 1.54) is 13.8 Å². The minimum absolute atomic E-state index is 0.0812. The molecule has 2 atom stereocenters. The summed E-state index contributed by atoms with van der Waals surface area (Å²) in [5, 5.41) is 11.5. The second-order valence-electron chi connectivity index (χ2n) is 5.74. The zero-order chi connectivity index (χ0) is 19.7. The highest BCUT2D eigenvalue weighted by molar-refractivity contribution is 7.89. The zero-order valence-electron chi connectivity index (χ0n) is 15.0. The Morgan fingerprint density at radius 3 is 2.54 bits per heavy atom. The molecule has 0 aliphatic carbocycles. The molecule has 0 aliphatic heterocycles. The third kappa shape index (κ3) is 6.82. The number of anilines is 1. The van der Waals surface area contributed by atoms with E-state index >= 15 is 0 Å². The number of nitrogens with zero attached hydrogens (tertiary/aromatic N) is 1. The van der Waals surface area contributed by atoms with Crippen LogP contribution in [-0.4, -0.2) is 38.2 Å². The fourth-order valence-corrected chi connectivity index (χ4v) is 3.39. The van der Waals surface area contributed by atoms with Crippen LogP contribution in [0.15, 0.2) is 24.3 Å². The van der Waals surface area contributed by atoms with E-state index < -0.39 is 34.0 Å². The Bertz CT molecular complexity index is 786. The number of esters is 1. The van der Waals surface area contributed by atoms with Crippen LogP contribution in [0.5, 0.6) is 0 Å². The molecule has 0 saturated carbocycles. The Morgan fingerprint density at radius 2 is 1.92 bits per heavy atom. The summed E-state index contributed by atoms with van der Waals surface area (Å²) in [5.41, 5.74) is 0.577. The molecule has 1 rings (SSSR count). The summed E-state index contributed by atoms with van der Waals surface area (Å²) in [5.74, 6) is -1.56. The van der Waals surface area contributed by atoms with Gasteiger partial charge in [0.25, 0.3) is 5.91 Å². The van der Waals surface area contributed by atoms with Crippen LogP contribution in [0.25, 0.3) is 0 Å². The molecule has 0 unspecified atom stereocenters. The Balaban J connectivity index is 2.63. The van der Waals surface area contributed by atoms with Crippen molar-refractivity contribution in [2.24, 2.45) is 0 Å². The Labute approximate surface area is 153 Å². The van der Waals surface area contributed by atoms with E-state index in [4.69, 9.17) is 10.00 Å². The molecule has 1 aromatic carbocycles. The van der Waals surface area contributed by atoms with E-state index in [2.05, 4.69) is 10.0 Å². The summed E-state index contributed by atoms with van der Waals surface area (Å²) < 4.78 is 30.8. The van der Waals surface area contributed by atoms with Crippen molar-refractivity contribution in [3.63, 3.8) is 0 Å². The summed E-state index contributed by atoms with van der Waals surface area (Å²) >= 11 is 0. The normalized spacial score (nSPS) is 13.3. The quantitative estimate of drug-likeness (QED) is 0.625. The largest absolute Gasteiger partial charge is 0.451 e. The molecule has 0 spiro atoms. The van der Waals surface area contributed by atoms with Crippen molar-refractivity contribution < 1.29 is 22.7 Å². The molecule has 0 aromatic heterocycles. The summed E-state index contributed by atoms with van der Waals surface area (Å²) in [6.45, 7) is 4.57. The number of nitriles is 1. The summed E-state index contributed by atoms with van der Waals surface area (Å²) in [6, 6.07) is 7.23. The first-order chi connectivity index (χ1) is 12.2. The van der Waals surface area contributed by atoms with Crippen LogP contribution < -0.4 is 10.0 Å². The molecule has 0 radical (unpaired) electrons. The highest BCUT2D eigenvalue weighted by Gasteiger charge is 2.25. The van der Waals surface area contributed by atoms with Gasteiger partial charge in [-0.1, -0.05) is 25.5 Å². The first-order valence-corrected chi connectivity index (χ1v) is 9.86. The highest BCUT2D eigenvalue weighted by Crippen LogP contribution is 2.14. The van der Waals surface area contributed by atoms with Crippen LogP contribution >= 0.6 is 0 Å². The van der Waals surface area contributed by atoms with Crippen molar-refractivity contribution in [3.05, 3.63) is 29.8 Å². The SMILES string of the molecule is CCCCS(=O)(=O)N[C@@H](C)C(=O)O[C@H](C)C(=O)Nc1ccccc1C#N. The highest BCUT2D eigenvalue weighted by atomic mass is 32.2. The number of amides is 1. The summed E-state index contributed by atoms with van der Waals surface area (Å²) in [4.78, 5) is 24.1. The van der Waals surface area contributed by atoms with Gasteiger partial charge in [0.1, 0.15) is 12.1 Å². The molecular weight excluding hydrogens is 358 g/mol. The lowest BCUT2D eigenvalue weighted by Crippen LogP contribution is -2.43. The molecule has 0 bridgehead atoms. The topological polar surface area (TPSA) is 125 Å². The van der Waals surface area contributed by atoms with E-state index in [0.29, 0.717) is 18.5 Å². The summed E-state index contributed by atoms with van der Waals surface area (Å²) in [7, 11) is -3.59. The molecule has 2 N–H and O–H groups in total. The molecule has 1 aromatic rings. The van der Waals surface area contributed by atoms with Crippen molar-refractivity contribution in [3.8, 4) is 6.07 Å². The number of unbranched alkanes of at least 4 members (excludes halogenated alkanes) is 1. The third-order valence-electron chi connectivity index (χ3n) is 3.44. The number of hydrogen-bond donors (Lipinski definition) is 2. The van der Waals surface area contributed by atoms with Crippen LogP contribution in [0.2, 0.25) is 0 Å². The molecule has 8 nitrogen and oxygen atoms in total. The number of sulfonamides is 1. The monoisotopic (exact) mass is 381 g/mol. The molecule has 9 heteroatoms. The second kappa shape index (κ2) is 9.89. The van der Waals surface area contributed by atoms with Crippen molar-refractivity contribution >= 4 is 27.6 Å².